The van der Waals surface area contributed by atoms with Gasteiger partial charge in [-0.3, -0.25) is 0 Å². The van der Waals surface area contributed by atoms with Gasteiger partial charge in [0.15, 0.2) is 0 Å². The molecule has 0 saturated heterocycles. The monoisotopic (exact) mass is 246 g/mol. The maximum atomic E-state index is 5.24. The van der Waals surface area contributed by atoms with Crippen LogP contribution in [0.4, 0.5) is 0 Å². The van der Waals surface area contributed by atoms with Gasteiger partial charge in [0, 0.05) is 21.7 Å². The minimum atomic E-state index is -1.25. The zero-order chi connectivity index (χ0) is 5.91. The van der Waals surface area contributed by atoms with Crippen molar-refractivity contribution in [2.45, 2.75) is 3.12 Å². The van der Waals surface area contributed by atoms with Crippen LogP contribution in [0.1, 0.15) is 0 Å². The van der Waals surface area contributed by atoms with E-state index >= 15 is 0 Å². The second-order valence-electron chi connectivity index (χ2n) is 0.699. The van der Waals surface area contributed by atoms with Gasteiger partial charge in [-0.2, -0.15) is 0 Å². The Balaban J connectivity index is 0. The fraction of sp³-hybridized carbons (Fsp3) is 1.00. The van der Waals surface area contributed by atoms with Gasteiger partial charge in [0.1, 0.15) is 0 Å². The summed E-state index contributed by atoms with van der Waals surface area (Å²) in [5.74, 6) is 0. The van der Waals surface area contributed by atoms with Crippen LogP contribution in [-0.2, 0) is 21.7 Å². The van der Waals surface area contributed by atoms with E-state index in [0.717, 1.165) is 11.8 Å². The Kier molecular flexibility index (Phi) is 9.60. The SMILES string of the molecule is ClCSC(Cl)(Cl)Cl.[Ti]. The molecule has 0 nitrogen and oxygen atoms in total. The summed E-state index contributed by atoms with van der Waals surface area (Å²) in [5.41, 5.74) is 0. The van der Waals surface area contributed by atoms with Crippen LogP contribution in [0.25, 0.3) is 0 Å². The summed E-state index contributed by atoms with van der Waals surface area (Å²) in [6.07, 6.45) is 0. The van der Waals surface area contributed by atoms with Crippen LogP contribution in [0.2, 0.25) is 0 Å². The Hall–Kier alpha value is 2.22. The van der Waals surface area contributed by atoms with Gasteiger partial charge < -0.3 is 0 Å². The van der Waals surface area contributed by atoms with Crippen molar-refractivity contribution in [2.24, 2.45) is 0 Å². The normalized spacial score (nSPS) is 10.5. The first-order chi connectivity index (χ1) is 3.06. The van der Waals surface area contributed by atoms with E-state index in [1.165, 1.54) is 0 Å². The molecule has 0 amide bonds. The van der Waals surface area contributed by atoms with E-state index in [1.54, 1.807) is 0 Å². The molecule has 0 rings (SSSR count). The summed E-state index contributed by atoms with van der Waals surface area (Å²) in [7, 11) is 0. The number of thioether (sulfide) groups is 1. The first-order valence-electron chi connectivity index (χ1n) is 1.33. The molecule has 8 heavy (non-hydrogen) atoms. The van der Waals surface area contributed by atoms with Crippen molar-refractivity contribution in [3.63, 3.8) is 0 Å². The van der Waals surface area contributed by atoms with Crippen LogP contribution in [0, 0.1) is 0 Å². The average molecular weight is 248 g/mol. The Morgan fingerprint density at radius 3 is 1.62 bits per heavy atom. The third kappa shape index (κ3) is 11.1. The summed E-state index contributed by atoms with van der Waals surface area (Å²) in [6.45, 7) is 0. The zero-order valence-electron chi connectivity index (χ0n) is 3.63. The van der Waals surface area contributed by atoms with Gasteiger partial charge in [0.05, 0.1) is 5.21 Å². The van der Waals surface area contributed by atoms with Crippen LogP contribution in [-0.4, -0.2) is 8.34 Å². The minimum Gasteiger partial charge on any atom is -0.115 e. The molecular formula is C2H2Cl4STi. The molecule has 0 bridgehead atoms. The minimum absolute atomic E-state index is 0. The molecule has 0 spiro atoms. The summed E-state index contributed by atoms with van der Waals surface area (Å²) in [4.78, 5) is 0. The van der Waals surface area contributed by atoms with Crippen LogP contribution in [0.5, 0.6) is 0 Å². The number of hydrogen-bond acceptors (Lipinski definition) is 1. The molecule has 0 fully saturated rings. The summed E-state index contributed by atoms with van der Waals surface area (Å²) in [5, 5.41) is 0.302. The van der Waals surface area contributed by atoms with Gasteiger partial charge >= 0.3 is 0 Å². The van der Waals surface area contributed by atoms with E-state index in [0.29, 0.717) is 5.21 Å². The van der Waals surface area contributed by atoms with E-state index in [9.17, 15) is 0 Å². The largest absolute Gasteiger partial charge is 0.238 e. The smallest absolute Gasteiger partial charge is 0.115 e. The fourth-order valence-corrected chi connectivity index (χ4v) is 1.67. The number of alkyl halides is 4. The van der Waals surface area contributed by atoms with Crippen molar-refractivity contribution in [3.8, 4) is 0 Å². The number of rotatable bonds is 1. The molecular weight excluding hydrogens is 246 g/mol. The summed E-state index contributed by atoms with van der Waals surface area (Å²) < 4.78 is -1.25. The molecule has 0 unspecified atom stereocenters. The molecule has 0 aliphatic carbocycles. The Bertz CT molecular complexity index is 52.5. The van der Waals surface area contributed by atoms with Crippen molar-refractivity contribution in [1.29, 1.82) is 0 Å². The maximum absolute atomic E-state index is 5.24. The fourth-order valence-electron chi connectivity index (χ4n) is 0.0619. The molecule has 6 heteroatoms. The first kappa shape index (κ1) is 12.9. The van der Waals surface area contributed by atoms with Gasteiger partial charge in [-0.25, -0.2) is 0 Å². The van der Waals surface area contributed by atoms with Gasteiger partial charge in [-0.1, -0.05) is 46.6 Å². The van der Waals surface area contributed by atoms with Gasteiger partial charge in [0.2, 0.25) is 3.12 Å². The molecule has 0 aliphatic rings. The van der Waals surface area contributed by atoms with Gasteiger partial charge in [-0.15, -0.1) is 11.6 Å². The topological polar surface area (TPSA) is 0 Å². The van der Waals surface area contributed by atoms with Crippen molar-refractivity contribution in [2.75, 3.05) is 5.21 Å². The number of hydrogen-bond donors (Lipinski definition) is 0. The molecule has 0 aromatic carbocycles. The average Bonchev–Trinajstić information content (AvgIpc) is 1.30. The van der Waals surface area contributed by atoms with Gasteiger partial charge in [-0.05, 0) is 0 Å². The predicted octanol–water partition coefficient (Wildman–Crippen LogP) is 3.24. The van der Waals surface area contributed by atoms with E-state index in [1.807, 2.05) is 0 Å². The third-order valence-electron chi connectivity index (χ3n) is 0.218. The molecule has 0 aliphatic heterocycles. The summed E-state index contributed by atoms with van der Waals surface area (Å²) >= 11 is 22.0. The van der Waals surface area contributed by atoms with E-state index < -0.39 is 3.12 Å². The van der Waals surface area contributed by atoms with Crippen molar-refractivity contribution >= 4 is 58.2 Å². The van der Waals surface area contributed by atoms with E-state index in [4.69, 9.17) is 46.4 Å². The Labute approximate surface area is 87.4 Å². The molecule has 0 heterocycles. The van der Waals surface area contributed by atoms with E-state index in [-0.39, 0.29) is 21.7 Å². The van der Waals surface area contributed by atoms with E-state index in [2.05, 4.69) is 0 Å². The van der Waals surface area contributed by atoms with Crippen LogP contribution < -0.4 is 0 Å². The van der Waals surface area contributed by atoms with Crippen LogP contribution >= 0.6 is 58.2 Å². The second kappa shape index (κ2) is 5.97. The first-order valence-corrected chi connectivity index (χ1v) is 3.98. The molecule has 48 valence electrons. The molecule has 0 aromatic rings. The molecule has 0 radical (unpaired) electrons. The van der Waals surface area contributed by atoms with Crippen LogP contribution in [0.3, 0.4) is 0 Å². The Morgan fingerprint density at radius 1 is 1.25 bits per heavy atom. The van der Waals surface area contributed by atoms with Gasteiger partial charge in [0.25, 0.3) is 0 Å². The second-order valence-corrected chi connectivity index (χ2v) is 5.43. The molecule has 0 aromatic heterocycles. The van der Waals surface area contributed by atoms with Crippen molar-refractivity contribution < 1.29 is 21.7 Å². The van der Waals surface area contributed by atoms with Crippen molar-refractivity contribution in [1.82, 2.24) is 0 Å². The molecule has 0 N–H and O–H groups in total. The quantitative estimate of drug-likeness (QED) is 0.506. The maximum Gasteiger partial charge on any atom is 0.238 e. The summed E-state index contributed by atoms with van der Waals surface area (Å²) in [6, 6.07) is 0. The number of halogens is 4. The standard InChI is InChI=1S/C2H2Cl4S.Ti/c3-1-7-2(4,5)6;/h1H2;. The Morgan fingerprint density at radius 2 is 1.62 bits per heavy atom. The third-order valence-corrected chi connectivity index (χ3v) is 1.96. The molecule has 0 atom stereocenters. The molecule has 0 saturated carbocycles. The predicted molar refractivity (Wildman–Crippen MR) is 38.6 cm³/mol. The van der Waals surface area contributed by atoms with Crippen LogP contribution in [0.15, 0.2) is 0 Å². The zero-order valence-corrected chi connectivity index (χ0v) is 9.03. The van der Waals surface area contributed by atoms with Crippen molar-refractivity contribution in [3.05, 3.63) is 0 Å².